The van der Waals surface area contributed by atoms with E-state index in [4.69, 9.17) is 0 Å². The molecule has 32 heavy (non-hydrogen) atoms. The van der Waals surface area contributed by atoms with Crippen LogP contribution in [0.2, 0.25) is 0 Å². The third-order valence-electron chi connectivity index (χ3n) is 8.86. The topological polar surface area (TPSA) is 60.7 Å². The van der Waals surface area contributed by atoms with Crippen molar-refractivity contribution in [2.45, 2.75) is 103 Å². The molecule has 0 unspecified atom stereocenters. The van der Waals surface area contributed by atoms with E-state index >= 15 is 0 Å². The minimum atomic E-state index is -1.69. The lowest BCUT2D eigenvalue weighted by atomic mass is 9.61. The Morgan fingerprint density at radius 1 is 1.19 bits per heavy atom. The minimum absolute atomic E-state index is 0.187. The highest BCUT2D eigenvalue weighted by Crippen LogP contribution is 2.59. The summed E-state index contributed by atoms with van der Waals surface area (Å²) in [4.78, 5) is 0. The van der Waals surface area contributed by atoms with Gasteiger partial charge in [0.15, 0.2) is 0 Å². The molecule has 180 valence electrons. The first-order valence-electron chi connectivity index (χ1n) is 12.3. The second-order valence-corrected chi connectivity index (χ2v) is 11.5. The van der Waals surface area contributed by atoms with Gasteiger partial charge in [-0.2, -0.15) is 0 Å². The lowest BCUT2D eigenvalue weighted by Crippen LogP contribution is -2.42. The zero-order valence-corrected chi connectivity index (χ0v) is 20.6. The average molecular weight is 447 g/mol. The van der Waals surface area contributed by atoms with Gasteiger partial charge < -0.3 is 15.3 Å². The number of alkyl halides is 1. The summed E-state index contributed by atoms with van der Waals surface area (Å²) in [5.41, 5.74) is 0.163. The van der Waals surface area contributed by atoms with E-state index in [2.05, 4.69) is 32.6 Å². The number of aliphatic hydroxyl groups is 3. The van der Waals surface area contributed by atoms with Crippen molar-refractivity contribution in [1.29, 1.82) is 0 Å². The highest BCUT2D eigenvalue weighted by atomic mass is 19.1. The van der Waals surface area contributed by atoms with Gasteiger partial charge in [0, 0.05) is 6.42 Å². The van der Waals surface area contributed by atoms with Gasteiger partial charge in [-0.1, -0.05) is 50.3 Å². The van der Waals surface area contributed by atoms with Gasteiger partial charge in [0.1, 0.15) is 11.3 Å². The highest BCUT2D eigenvalue weighted by molar-refractivity contribution is 5.38. The summed E-state index contributed by atoms with van der Waals surface area (Å²) in [6.07, 6.45) is 13.4. The van der Waals surface area contributed by atoms with Crippen LogP contribution in [0.15, 0.2) is 47.6 Å². The van der Waals surface area contributed by atoms with Crippen LogP contribution in [0.5, 0.6) is 0 Å². The van der Waals surface area contributed by atoms with Crippen LogP contribution in [0.1, 0.15) is 79.6 Å². The summed E-state index contributed by atoms with van der Waals surface area (Å²) in [5.74, 6) is 1.27. The van der Waals surface area contributed by atoms with Crippen LogP contribution >= 0.6 is 0 Å². The first kappa shape index (κ1) is 25.4. The number of hydrogen-bond donors (Lipinski definition) is 3. The average Bonchev–Trinajstić information content (AvgIpc) is 3.04. The fourth-order valence-electron chi connectivity index (χ4n) is 6.28. The maximum atomic E-state index is 14.4. The second kappa shape index (κ2) is 9.19. The standard InChI is InChI=1S/C28H43FO3/c1-18(13-15-28(6,32)26(3,4)29)23-11-12-24-20(8-7-14-27(23,24)5)9-10-21-16-22(30)17-25(31)19(21)2/h9-10,13,15,18,22-25,30-32H,2,7-8,11-12,14,16-17H2,1,3-6H3/b15-13+,20-9+,21-10-/t18-,22-,23-,24+,25+,27-,28-/m1/s1. The molecule has 0 bridgehead atoms. The molecule has 0 heterocycles. The summed E-state index contributed by atoms with van der Waals surface area (Å²) in [5, 5.41) is 30.7. The van der Waals surface area contributed by atoms with Crippen molar-refractivity contribution < 1.29 is 19.7 Å². The molecule has 0 saturated heterocycles. The van der Waals surface area contributed by atoms with Crippen LogP contribution in [0.4, 0.5) is 4.39 Å². The summed E-state index contributed by atoms with van der Waals surface area (Å²) in [6, 6.07) is 0. The molecule has 3 fully saturated rings. The molecular weight excluding hydrogens is 403 g/mol. The number of rotatable bonds is 5. The van der Waals surface area contributed by atoms with Gasteiger partial charge in [0.05, 0.1) is 12.2 Å². The van der Waals surface area contributed by atoms with E-state index in [1.807, 2.05) is 6.08 Å². The Balaban J connectivity index is 1.78. The SMILES string of the molecule is C=C1/C(=C\C=C2/CCC[C@]3(C)[C@@H]([C@H](C)/C=C/[C@@](C)(O)C(C)(C)F)CC[C@@H]23)C[C@@H](O)C[C@@H]1O. The van der Waals surface area contributed by atoms with E-state index in [1.165, 1.54) is 32.8 Å². The number of halogens is 1. The van der Waals surface area contributed by atoms with E-state index in [0.29, 0.717) is 24.7 Å². The summed E-state index contributed by atoms with van der Waals surface area (Å²) < 4.78 is 14.4. The number of hydrogen-bond acceptors (Lipinski definition) is 3. The van der Waals surface area contributed by atoms with Crippen LogP contribution in [0.3, 0.4) is 0 Å². The zero-order valence-electron chi connectivity index (χ0n) is 20.6. The molecule has 3 nitrogen and oxygen atoms in total. The van der Waals surface area contributed by atoms with Crippen molar-refractivity contribution >= 4 is 0 Å². The first-order valence-corrected chi connectivity index (χ1v) is 12.3. The predicted octanol–water partition coefficient (Wildman–Crippen LogP) is 5.82. The van der Waals surface area contributed by atoms with E-state index < -0.39 is 23.5 Å². The van der Waals surface area contributed by atoms with Gasteiger partial charge in [-0.05, 0) is 93.6 Å². The van der Waals surface area contributed by atoms with Crippen LogP contribution in [-0.4, -0.2) is 38.8 Å². The number of aliphatic hydroxyl groups excluding tert-OH is 2. The Labute approximate surface area is 193 Å². The lowest BCUT2D eigenvalue weighted by Gasteiger charge is -2.44. The number of allylic oxidation sites excluding steroid dienone is 4. The molecule has 7 atom stereocenters. The Morgan fingerprint density at radius 2 is 1.88 bits per heavy atom. The van der Waals surface area contributed by atoms with Crippen LogP contribution in [0.25, 0.3) is 0 Å². The molecule has 3 aliphatic rings. The number of fused-ring (bicyclic) bond motifs is 1. The molecule has 3 N–H and O–H groups in total. The van der Waals surface area contributed by atoms with Gasteiger partial charge >= 0.3 is 0 Å². The molecule has 0 aliphatic heterocycles. The van der Waals surface area contributed by atoms with Gasteiger partial charge in [0.2, 0.25) is 0 Å². The largest absolute Gasteiger partial charge is 0.393 e. The zero-order chi connectivity index (χ0) is 23.9. The molecule has 0 aromatic rings. The van der Waals surface area contributed by atoms with E-state index in [-0.39, 0.29) is 11.3 Å². The van der Waals surface area contributed by atoms with Crippen molar-refractivity contribution in [2.75, 3.05) is 0 Å². The molecule has 4 heteroatoms. The molecule has 0 aromatic carbocycles. The Kier molecular flexibility index (Phi) is 7.30. The maximum Gasteiger partial charge on any atom is 0.137 e. The summed E-state index contributed by atoms with van der Waals surface area (Å²) in [6.45, 7) is 13.0. The molecule has 0 radical (unpaired) electrons. The normalized spacial score (nSPS) is 39.5. The maximum absolute atomic E-state index is 14.4. The quantitative estimate of drug-likeness (QED) is 0.467. The Hall–Kier alpha value is -1.23. The molecule has 3 saturated carbocycles. The predicted molar refractivity (Wildman–Crippen MR) is 129 cm³/mol. The van der Waals surface area contributed by atoms with E-state index in [1.54, 1.807) is 6.08 Å². The second-order valence-electron chi connectivity index (χ2n) is 11.5. The molecule has 3 rings (SSSR count). The van der Waals surface area contributed by atoms with Gasteiger partial charge in [0.25, 0.3) is 0 Å². The van der Waals surface area contributed by atoms with Gasteiger partial charge in [-0.3, -0.25) is 0 Å². The van der Waals surface area contributed by atoms with Crippen molar-refractivity contribution in [3.63, 3.8) is 0 Å². The monoisotopic (exact) mass is 446 g/mol. The fourth-order valence-corrected chi connectivity index (χ4v) is 6.28. The smallest absolute Gasteiger partial charge is 0.137 e. The Bertz CT molecular complexity index is 800. The molecular formula is C28H43FO3. The molecule has 0 spiro atoms. The lowest BCUT2D eigenvalue weighted by molar-refractivity contribution is -0.0332. The van der Waals surface area contributed by atoms with Gasteiger partial charge in [-0.25, -0.2) is 4.39 Å². The van der Waals surface area contributed by atoms with Crippen LogP contribution in [0, 0.1) is 23.2 Å². The van der Waals surface area contributed by atoms with E-state index in [0.717, 1.165) is 36.8 Å². The third kappa shape index (κ3) is 4.98. The Morgan fingerprint density at radius 3 is 2.53 bits per heavy atom. The molecule has 3 aliphatic carbocycles. The fraction of sp³-hybridized carbons (Fsp3) is 0.714. The van der Waals surface area contributed by atoms with Crippen molar-refractivity contribution in [1.82, 2.24) is 0 Å². The summed E-state index contributed by atoms with van der Waals surface area (Å²) in [7, 11) is 0. The highest BCUT2D eigenvalue weighted by Gasteiger charge is 2.50. The third-order valence-corrected chi connectivity index (χ3v) is 8.86. The van der Waals surface area contributed by atoms with E-state index in [9.17, 15) is 19.7 Å². The van der Waals surface area contributed by atoms with Crippen molar-refractivity contribution in [2.24, 2.45) is 23.2 Å². The molecule has 0 amide bonds. The molecule has 0 aromatic heterocycles. The van der Waals surface area contributed by atoms with Crippen LogP contribution < -0.4 is 0 Å². The van der Waals surface area contributed by atoms with Crippen LogP contribution in [-0.2, 0) is 0 Å². The summed E-state index contributed by atoms with van der Waals surface area (Å²) >= 11 is 0. The van der Waals surface area contributed by atoms with Crippen molar-refractivity contribution in [3.05, 3.63) is 47.6 Å². The van der Waals surface area contributed by atoms with Gasteiger partial charge in [-0.15, -0.1) is 0 Å². The van der Waals surface area contributed by atoms with Crippen molar-refractivity contribution in [3.8, 4) is 0 Å². The first-order chi connectivity index (χ1) is 14.8. The minimum Gasteiger partial charge on any atom is -0.393 e.